The summed E-state index contributed by atoms with van der Waals surface area (Å²) in [5, 5.41) is 8.81. The summed E-state index contributed by atoms with van der Waals surface area (Å²) in [5.74, 6) is -1.26. The molecule has 0 saturated carbocycles. The Balaban J connectivity index is 3.40. The van der Waals surface area contributed by atoms with E-state index in [2.05, 4.69) is 0 Å². The standard InChI is InChI=1S/C9H10ClNO4S/c1-11(2)16(14,15)6-3-4-8(10)7(5-6)9(12)13/h3-5H,1-2H3,(H,12,13). The van der Waals surface area contributed by atoms with Crippen LogP contribution in [0.5, 0.6) is 0 Å². The second-order valence-corrected chi connectivity index (χ2v) is 5.79. The molecule has 0 radical (unpaired) electrons. The maximum atomic E-state index is 11.7. The fraction of sp³-hybridized carbons (Fsp3) is 0.222. The van der Waals surface area contributed by atoms with E-state index in [9.17, 15) is 13.2 Å². The molecule has 0 amide bonds. The van der Waals surface area contributed by atoms with Gasteiger partial charge in [-0.3, -0.25) is 0 Å². The minimum Gasteiger partial charge on any atom is -0.478 e. The van der Waals surface area contributed by atoms with Crippen molar-refractivity contribution in [2.75, 3.05) is 14.1 Å². The highest BCUT2D eigenvalue weighted by Gasteiger charge is 2.20. The quantitative estimate of drug-likeness (QED) is 0.892. The predicted octanol–water partition coefficient (Wildman–Crippen LogP) is 1.29. The van der Waals surface area contributed by atoms with E-state index in [0.717, 1.165) is 10.4 Å². The zero-order valence-corrected chi connectivity index (χ0v) is 10.2. The maximum absolute atomic E-state index is 11.7. The van der Waals surface area contributed by atoms with Crippen molar-refractivity contribution in [1.82, 2.24) is 4.31 Å². The molecule has 0 fully saturated rings. The zero-order chi connectivity index (χ0) is 12.5. The highest BCUT2D eigenvalue weighted by molar-refractivity contribution is 7.89. The van der Waals surface area contributed by atoms with E-state index in [4.69, 9.17) is 16.7 Å². The SMILES string of the molecule is CN(C)S(=O)(=O)c1ccc(Cl)c(C(=O)O)c1. The third-order valence-electron chi connectivity index (χ3n) is 1.95. The summed E-state index contributed by atoms with van der Waals surface area (Å²) in [6.07, 6.45) is 0. The Morgan fingerprint density at radius 3 is 2.38 bits per heavy atom. The molecule has 0 atom stereocenters. The van der Waals surface area contributed by atoms with Gasteiger partial charge in [0, 0.05) is 14.1 Å². The van der Waals surface area contributed by atoms with Gasteiger partial charge in [-0.1, -0.05) is 11.6 Å². The summed E-state index contributed by atoms with van der Waals surface area (Å²) >= 11 is 5.63. The van der Waals surface area contributed by atoms with Gasteiger partial charge >= 0.3 is 5.97 Å². The number of nitrogens with zero attached hydrogens (tertiary/aromatic N) is 1. The molecule has 0 bridgehead atoms. The zero-order valence-electron chi connectivity index (χ0n) is 8.64. The number of hydrogen-bond acceptors (Lipinski definition) is 3. The largest absolute Gasteiger partial charge is 0.478 e. The molecule has 0 heterocycles. The molecule has 0 aromatic heterocycles. The number of aromatic carboxylic acids is 1. The van der Waals surface area contributed by atoms with Gasteiger partial charge in [0.25, 0.3) is 0 Å². The molecule has 16 heavy (non-hydrogen) atoms. The van der Waals surface area contributed by atoms with Gasteiger partial charge in [-0.05, 0) is 18.2 Å². The van der Waals surface area contributed by atoms with Crippen molar-refractivity contribution in [3.8, 4) is 0 Å². The minimum absolute atomic E-state index is 0.00482. The van der Waals surface area contributed by atoms with Gasteiger partial charge in [-0.15, -0.1) is 0 Å². The van der Waals surface area contributed by atoms with Crippen molar-refractivity contribution < 1.29 is 18.3 Å². The van der Waals surface area contributed by atoms with Crippen LogP contribution in [0.15, 0.2) is 23.1 Å². The third kappa shape index (κ3) is 2.34. The van der Waals surface area contributed by atoms with Gasteiger partial charge in [0.2, 0.25) is 10.0 Å². The van der Waals surface area contributed by atoms with E-state index >= 15 is 0 Å². The molecule has 0 aliphatic heterocycles. The summed E-state index contributed by atoms with van der Waals surface area (Å²) in [5.41, 5.74) is -0.232. The van der Waals surface area contributed by atoms with Gasteiger partial charge in [0.15, 0.2) is 0 Å². The van der Waals surface area contributed by atoms with E-state index < -0.39 is 16.0 Å². The minimum atomic E-state index is -3.64. The molecule has 0 aliphatic carbocycles. The molecular formula is C9H10ClNO4S. The molecule has 1 rings (SSSR count). The molecule has 0 aliphatic rings. The lowest BCUT2D eigenvalue weighted by Crippen LogP contribution is -2.22. The number of sulfonamides is 1. The average Bonchev–Trinajstić information content (AvgIpc) is 2.17. The number of carboxylic acids is 1. The normalized spacial score (nSPS) is 11.8. The van der Waals surface area contributed by atoms with Gasteiger partial charge in [-0.25, -0.2) is 17.5 Å². The molecule has 7 heteroatoms. The molecular weight excluding hydrogens is 254 g/mol. The van der Waals surface area contributed by atoms with Crippen molar-refractivity contribution in [2.45, 2.75) is 4.90 Å². The Morgan fingerprint density at radius 1 is 1.38 bits per heavy atom. The van der Waals surface area contributed by atoms with E-state index in [1.165, 1.54) is 26.2 Å². The first-order valence-electron chi connectivity index (χ1n) is 4.22. The molecule has 1 aromatic rings. The van der Waals surface area contributed by atoms with Gasteiger partial charge in [0.05, 0.1) is 15.5 Å². The number of hydrogen-bond donors (Lipinski definition) is 1. The molecule has 0 unspecified atom stereocenters. The number of carbonyl (C=O) groups is 1. The van der Waals surface area contributed by atoms with E-state index in [1.807, 2.05) is 0 Å². The second kappa shape index (κ2) is 4.40. The van der Waals surface area contributed by atoms with Crippen LogP contribution in [0.3, 0.4) is 0 Å². The summed E-state index contributed by atoms with van der Waals surface area (Å²) in [6, 6.07) is 3.56. The number of rotatable bonds is 3. The molecule has 0 saturated heterocycles. The van der Waals surface area contributed by atoms with Gasteiger partial charge < -0.3 is 5.11 Å². The molecule has 1 N–H and O–H groups in total. The number of benzene rings is 1. The first kappa shape index (κ1) is 13.0. The first-order valence-corrected chi connectivity index (χ1v) is 6.04. The van der Waals surface area contributed by atoms with E-state index in [-0.39, 0.29) is 15.5 Å². The summed E-state index contributed by atoms with van der Waals surface area (Å²) in [7, 11) is -0.907. The van der Waals surface area contributed by atoms with Crippen molar-refractivity contribution in [1.29, 1.82) is 0 Å². The molecule has 88 valence electrons. The topological polar surface area (TPSA) is 74.7 Å². The second-order valence-electron chi connectivity index (χ2n) is 3.23. The Hall–Kier alpha value is -1.11. The van der Waals surface area contributed by atoms with Gasteiger partial charge in [-0.2, -0.15) is 0 Å². The van der Waals surface area contributed by atoms with E-state index in [0.29, 0.717) is 0 Å². The van der Waals surface area contributed by atoms with Crippen LogP contribution in [-0.4, -0.2) is 37.9 Å². The Bertz CT molecular complexity index is 524. The Labute approximate surface area is 98.3 Å². The highest BCUT2D eigenvalue weighted by Crippen LogP contribution is 2.21. The maximum Gasteiger partial charge on any atom is 0.337 e. The van der Waals surface area contributed by atoms with Crippen LogP contribution in [0.4, 0.5) is 0 Å². The van der Waals surface area contributed by atoms with Crippen molar-refractivity contribution in [2.24, 2.45) is 0 Å². The summed E-state index contributed by atoms with van der Waals surface area (Å²) in [6.45, 7) is 0. The Kier molecular flexibility index (Phi) is 3.57. The molecule has 5 nitrogen and oxygen atoms in total. The number of halogens is 1. The summed E-state index contributed by atoms with van der Waals surface area (Å²) < 4.78 is 24.4. The summed E-state index contributed by atoms with van der Waals surface area (Å²) in [4.78, 5) is 10.7. The van der Waals surface area contributed by atoms with Crippen LogP contribution < -0.4 is 0 Å². The number of carboxylic acid groups (broad SMARTS) is 1. The lowest BCUT2D eigenvalue weighted by molar-refractivity contribution is 0.0697. The fourth-order valence-corrected chi connectivity index (χ4v) is 2.17. The van der Waals surface area contributed by atoms with Crippen LogP contribution in [0, 0.1) is 0 Å². The smallest absolute Gasteiger partial charge is 0.337 e. The van der Waals surface area contributed by atoms with Crippen molar-refractivity contribution >= 4 is 27.6 Å². The van der Waals surface area contributed by atoms with Crippen molar-refractivity contribution in [3.05, 3.63) is 28.8 Å². The predicted molar refractivity (Wildman–Crippen MR) is 59.3 cm³/mol. The molecule has 0 spiro atoms. The van der Waals surface area contributed by atoms with E-state index in [1.54, 1.807) is 0 Å². The van der Waals surface area contributed by atoms with Crippen LogP contribution in [0.1, 0.15) is 10.4 Å². The van der Waals surface area contributed by atoms with Crippen molar-refractivity contribution in [3.63, 3.8) is 0 Å². The molecule has 1 aromatic carbocycles. The first-order chi connectivity index (χ1) is 7.26. The lowest BCUT2D eigenvalue weighted by Gasteiger charge is -2.11. The Morgan fingerprint density at radius 2 is 1.94 bits per heavy atom. The van der Waals surface area contributed by atoms with Crippen LogP contribution in [0.25, 0.3) is 0 Å². The van der Waals surface area contributed by atoms with Crippen LogP contribution in [-0.2, 0) is 10.0 Å². The van der Waals surface area contributed by atoms with Crippen LogP contribution in [0.2, 0.25) is 5.02 Å². The average molecular weight is 264 g/mol. The van der Waals surface area contributed by atoms with Crippen LogP contribution >= 0.6 is 11.6 Å². The fourth-order valence-electron chi connectivity index (χ4n) is 1.04. The lowest BCUT2D eigenvalue weighted by atomic mass is 10.2. The third-order valence-corrected chi connectivity index (χ3v) is 4.09. The van der Waals surface area contributed by atoms with Gasteiger partial charge in [0.1, 0.15) is 0 Å². The highest BCUT2D eigenvalue weighted by atomic mass is 35.5. The monoisotopic (exact) mass is 263 g/mol.